The van der Waals surface area contributed by atoms with Gasteiger partial charge in [-0.1, -0.05) is 25.4 Å². The van der Waals surface area contributed by atoms with Crippen molar-refractivity contribution in [2.24, 2.45) is 0 Å². The highest BCUT2D eigenvalue weighted by molar-refractivity contribution is 9.11. The molecule has 4 aliphatic heterocycles. The van der Waals surface area contributed by atoms with Gasteiger partial charge in [-0.15, -0.1) is 0 Å². The van der Waals surface area contributed by atoms with Crippen LogP contribution in [0.5, 0.6) is 0 Å². The van der Waals surface area contributed by atoms with Crippen LogP contribution in [0, 0.1) is 6.92 Å². The van der Waals surface area contributed by atoms with Crippen LogP contribution in [-0.4, -0.2) is 141 Å². The molecule has 0 aliphatic carbocycles. The van der Waals surface area contributed by atoms with Crippen LogP contribution < -0.4 is 31.1 Å². The van der Waals surface area contributed by atoms with Crippen LogP contribution in [0.25, 0.3) is 22.1 Å². The smallest absolute Gasteiger partial charge is 0.257 e. The maximum atomic E-state index is 12.9. The number of carbonyl (C=O) groups excluding carboxylic acids is 4. The molecule has 70 heavy (non-hydrogen) atoms. The van der Waals surface area contributed by atoms with Crippen LogP contribution in [0.2, 0.25) is 5.02 Å². The van der Waals surface area contributed by atoms with Gasteiger partial charge in [0.1, 0.15) is 11.3 Å². The molecule has 4 amide bonds. The summed E-state index contributed by atoms with van der Waals surface area (Å²) in [4.78, 5) is 83.0. The number of fused-ring (bicyclic) bond motifs is 2. The number of H-pyrrole nitrogens is 2. The molecule has 10 rings (SSSR count). The van der Waals surface area contributed by atoms with E-state index in [2.05, 4.69) is 92.8 Å². The van der Waals surface area contributed by atoms with Crippen molar-refractivity contribution in [2.45, 2.75) is 71.4 Å². The first-order valence-corrected chi connectivity index (χ1v) is 25.9. The average molecular weight is 1100 g/mol. The molecule has 6 N–H and O–H groups in total. The lowest BCUT2D eigenvalue weighted by Crippen LogP contribution is -2.49. The van der Waals surface area contributed by atoms with Gasteiger partial charge in [0.25, 0.3) is 11.8 Å². The third-order valence-corrected chi connectivity index (χ3v) is 14.3. The first kappa shape index (κ1) is 50.7. The van der Waals surface area contributed by atoms with Gasteiger partial charge in [0, 0.05) is 127 Å². The number of hydrogen-bond acceptors (Lipinski definition) is 12. The van der Waals surface area contributed by atoms with Gasteiger partial charge in [0.15, 0.2) is 0 Å². The predicted molar refractivity (Wildman–Crippen MR) is 282 cm³/mol. The Kier molecular flexibility index (Phi) is 17.0. The summed E-state index contributed by atoms with van der Waals surface area (Å²) in [5.74, 6) is -0.0983. The van der Waals surface area contributed by atoms with Crippen LogP contribution in [0.3, 0.4) is 0 Å². The summed E-state index contributed by atoms with van der Waals surface area (Å²) in [6, 6.07) is 4.00. The highest BCUT2D eigenvalue weighted by atomic mass is 79.9. The number of piperazine rings is 2. The fourth-order valence-electron chi connectivity index (χ4n) is 9.43. The fourth-order valence-corrected chi connectivity index (χ4v) is 10.7. The number of nitrogens with zero attached hydrogens (tertiary/aromatic N) is 8. The molecule has 4 saturated heterocycles. The van der Waals surface area contributed by atoms with Gasteiger partial charge >= 0.3 is 0 Å². The van der Waals surface area contributed by atoms with E-state index in [1.807, 2.05) is 36.6 Å². The molecule has 6 aromatic rings. The van der Waals surface area contributed by atoms with E-state index in [0.29, 0.717) is 116 Å². The van der Waals surface area contributed by atoms with Crippen molar-refractivity contribution in [1.82, 2.24) is 50.3 Å². The Labute approximate surface area is 428 Å². The van der Waals surface area contributed by atoms with Crippen LogP contribution >= 0.6 is 43.5 Å². The van der Waals surface area contributed by atoms with Gasteiger partial charge in [-0.2, -0.15) is 0 Å². The Bertz CT molecular complexity index is 2620. The van der Waals surface area contributed by atoms with E-state index < -0.39 is 0 Å². The van der Waals surface area contributed by atoms with Gasteiger partial charge in [-0.25, -0.2) is 9.97 Å². The minimum atomic E-state index is -0.308. The molecule has 18 nitrogen and oxygen atoms in total. The van der Waals surface area contributed by atoms with Crippen LogP contribution in [0.4, 0.5) is 22.7 Å². The van der Waals surface area contributed by atoms with E-state index in [-0.39, 0.29) is 23.6 Å². The van der Waals surface area contributed by atoms with Crippen molar-refractivity contribution in [3.05, 3.63) is 92.4 Å². The van der Waals surface area contributed by atoms with E-state index >= 15 is 0 Å². The highest BCUT2D eigenvalue weighted by Gasteiger charge is 2.30. The minimum Gasteiger partial charge on any atom is -0.366 e. The topological polar surface area (TPSA) is 212 Å². The molecule has 4 fully saturated rings. The molecular weight excluding hydrogens is 1040 g/mol. The second-order valence-corrected chi connectivity index (χ2v) is 19.7. The largest absolute Gasteiger partial charge is 0.366 e. The number of nitrogens with one attached hydrogen (secondary N) is 6. The Morgan fingerprint density at radius 2 is 1.09 bits per heavy atom. The van der Waals surface area contributed by atoms with Crippen LogP contribution in [0.15, 0.2) is 70.7 Å². The zero-order valence-electron chi connectivity index (χ0n) is 39.6. The lowest BCUT2D eigenvalue weighted by molar-refractivity contribution is -0.132. The number of halogens is 3. The summed E-state index contributed by atoms with van der Waals surface area (Å²) in [5, 5.41) is 14.8. The Morgan fingerprint density at radius 3 is 1.50 bits per heavy atom. The average Bonchev–Trinajstić information content (AvgIpc) is 4.23. The Balaban J connectivity index is 0.000000182. The molecule has 21 heteroatoms. The third-order valence-electron chi connectivity index (χ3n) is 12.9. The van der Waals surface area contributed by atoms with Gasteiger partial charge in [-0.3, -0.25) is 29.1 Å². The highest BCUT2D eigenvalue weighted by Crippen LogP contribution is 2.40. The number of aromatic nitrogens is 6. The zero-order valence-corrected chi connectivity index (χ0v) is 43.5. The van der Waals surface area contributed by atoms with Gasteiger partial charge in [0.2, 0.25) is 11.8 Å². The Morgan fingerprint density at radius 1 is 0.643 bits per heavy atom. The van der Waals surface area contributed by atoms with E-state index in [0.717, 1.165) is 75.4 Å². The minimum absolute atomic E-state index is 0.211. The number of amides is 4. The SMILES string of the molecule is CC.Cc1cncc(C(=O)Nc2c[nH]c3ncc(Br)c(N4CCN(C(=O)C[C@@H]5CCCN5)CC4)c23)c1.O=C(Nc1c[nH]c2ncc(Br)c(N3CCN(C(=O)C[C@@H]4CCCN4)CC3)c12)c1cncc(Cl)c1. The van der Waals surface area contributed by atoms with Crippen molar-refractivity contribution in [2.75, 3.05) is 85.9 Å². The second kappa shape index (κ2) is 23.5. The lowest BCUT2D eigenvalue weighted by atomic mass is 10.1. The monoisotopic (exact) mass is 1100 g/mol. The quantitative estimate of drug-likeness (QED) is 0.0787. The summed E-state index contributed by atoms with van der Waals surface area (Å²) in [6.45, 7) is 13.4. The van der Waals surface area contributed by atoms with E-state index in [9.17, 15) is 19.2 Å². The lowest BCUT2D eigenvalue weighted by Gasteiger charge is -2.37. The second-order valence-electron chi connectivity index (χ2n) is 17.5. The van der Waals surface area contributed by atoms with Gasteiger partial charge < -0.3 is 50.8 Å². The van der Waals surface area contributed by atoms with Crippen molar-refractivity contribution in [3.8, 4) is 0 Å². The molecule has 2 atom stereocenters. The zero-order chi connectivity index (χ0) is 49.3. The van der Waals surface area contributed by atoms with E-state index in [1.165, 1.54) is 12.4 Å². The first-order chi connectivity index (χ1) is 34.0. The summed E-state index contributed by atoms with van der Waals surface area (Å²) in [7, 11) is 0. The van der Waals surface area contributed by atoms with Gasteiger partial charge in [0.05, 0.1) is 58.6 Å². The summed E-state index contributed by atoms with van der Waals surface area (Å²) >= 11 is 13.3. The standard InChI is InChI=1S/C24H28BrN7O2.C23H25BrClN7O2.C2H6/c1-15-9-16(12-26-11-15)24(34)30-19-14-29-23-21(19)22(18(25)13-28-23)32-7-5-31(6-8-32)20(33)10-17-3-2-4-27-17;24-17-12-28-22-20(18(13-29-22)30-23(34)14-8-15(25)11-26-10-14)21(17)32-6-4-31(5-7-32)19(33)9-16-2-1-3-27-16;1-2/h9,11-14,17,27H,2-8,10H2,1H3,(H,28,29)(H,30,34);8,10-13,16,27H,1-7,9H2,(H,28,29)(H,30,34);1-2H3/t17-;16-;/m00./s1. The number of anilines is 4. The van der Waals surface area contributed by atoms with Crippen molar-refractivity contribution < 1.29 is 19.2 Å². The van der Waals surface area contributed by atoms with Crippen LogP contribution in [0.1, 0.15) is 78.7 Å². The fraction of sp³-hybridized carbons (Fsp3) is 0.429. The van der Waals surface area contributed by atoms with Crippen molar-refractivity contribution >= 4 is 112 Å². The van der Waals surface area contributed by atoms with E-state index in [4.69, 9.17) is 11.6 Å². The number of aryl methyl sites for hydroxylation is 1. The van der Waals surface area contributed by atoms with E-state index in [1.54, 1.807) is 43.2 Å². The molecule has 4 aliphatic rings. The molecule has 0 radical (unpaired) electrons. The normalized spacial score (nSPS) is 18.0. The van der Waals surface area contributed by atoms with Crippen LogP contribution in [-0.2, 0) is 9.59 Å². The summed E-state index contributed by atoms with van der Waals surface area (Å²) < 4.78 is 1.68. The predicted octanol–water partition coefficient (Wildman–Crippen LogP) is 7.51. The maximum Gasteiger partial charge on any atom is 0.257 e. The molecule has 6 aromatic heterocycles. The Hall–Kier alpha value is -5.67. The number of carbonyl (C=O) groups is 4. The van der Waals surface area contributed by atoms with Crippen molar-refractivity contribution in [1.29, 1.82) is 0 Å². The maximum absolute atomic E-state index is 12.9. The van der Waals surface area contributed by atoms with Crippen molar-refractivity contribution in [3.63, 3.8) is 0 Å². The summed E-state index contributed by atoms with van der Waals surface area (Å²) in [5.41, 5.74) is 6.35. The molecule has 0 unspecified atom stereocenters. The number of pyridine rings is 4. The molecule has 0 bridgehead atoms. The number of rotatable bonds is 10. The molecule has 370 valence electrons. The summed E-state index contributed by atoms with van der Waals surface area (Å²) in [6.07, 6.45) is 18.8. The number of hydrogen-bond donors (Lipinski definition) is 6. The molecule has 0 saturated carbocycles. The van der Waals surface area contributed by atoms with Gasteiger partial charge in [-0.05, 0) is 95.3 Å². The first-order valence-electron chi connectivity index (χ1n) is 24.0. The molecular formula is C49H59Br2ClN14O4. The molecule has 10 heterocycles. The number of aromatic amines is 2. The molecule has 0 spiro atoms. The third kappa shape index (κ3) is 11.9. The molecule has 0 aromatic carbocycles.